The first-order chi connectivity index (χ1) is 5.55. The summed E-state index contributed by atoms with van der Waals surface area (Å²) >= 11 is 0. The second kappa shape index (κ2) is 4.89. The minimum absolute atomic E-state index is 0. The maximum atomic E-state index is 11.6. The third kappa shape index (κ3) is 5.34. The molecule has 14 heavy (non-hydrogen) atoms. The summed E-state index contributed by atoms with van der Waals surface area (Å²) < 4.78 is 34.8. The van der Waals surface area contributed by atoms with Crippen LogP contribution in [-0.4, -0.2) is 18.0 Å². The zero-order chi connectivity index (χ0) is 10.9. The summed E-state index contributed by atoms with van der Waals surface area (Å²) in [7, 11) is 0. The molecule has 2 amide bonds. The molecule has 0 aliphatic heterocycles. The van der Waals surface area contributed by atoms with E-state index >= 15 is 0 Å². The van der Waals surface area contributed by atoms with Crippen LogP contribution in [0.25, 0.3) is 5.32 Å². The number of carbonyl (C=O) groups is 2. The van der Waals surface area contributed by atoms with E-state index in [4.69, 9.17) is 0 Å². The molecule has 0 aliphatic carbocycles. The summed E-state index contributed by atoms with van der Waals surface area (Å²) in [6.07, 6.45) is -5.07. The van der Waals surface area contributed by atoms with Crippen molar-refractivity contribution in [3.63, 3.8) is 0 Å². The molecule has 1 radical (unpaired) electrons. The van der Waals surface area contributed by atoms with Gasteiger partial charge in [-0.25, -0.2) is 0 Å². The van der Waals surface area contributed by atoms with E-state index in [1.807, 2.05) is 0 Å². The van der Waals surface area contributed by atoms with Crippen LogP contribution in [0, 0.1) is 5.41 Å². The van der Waals surface area contributed by atoms with Crippen molar-refractivity contribution < 1.29 is 42.9 Å². The van der Waals surface area contributed by atoms with Crippen molar-refractivity contribution in [2.45, 2.75) is 26.9 Å². The molecule has 0 atom stereocenters. The molecule has 0 bridgehead atoms. The smallest absolute Gasteiger partial charge is 0.432 e. The van der Waals surface area contributed by atoms with Crippen molar-refractivity contribution in [2.24, 2.45) is 5.41 Å². The first-order valence-electron chi connectivity index (χ1n) is 3.42. The molecule has 3 nitrogen and oxygen atoms in total. The van der Waals surface area contributed by atoms with E-state index in [0.29, 0.717) is 0 Å². The van der Waals surface area contributed by atoms with E-state index in [2.05, 4.69) is 5.32 Å². The number of alkyl halides is 3. The van der Waals surface area contributed by atoms with E-state index < -0.39 is 23.4 Å². The Hall–Kier alpha value is -0.421. The molecule has 0 unspecified atom stereocenters. The van der Waals surface area contributed by atoms with Gasteiger partial charge in [-0.2, -0.15) is 13.2 Å². The number of hydrogen-bond acceptors (Lipinski definition) is 2. The SMILES string of the molecule is CC(C)(C)C(=O)[N-]C(=O)C(F)(F)F.[Ir]. The van der Waals surface area contributed by atoms with Crippen LogP contribution in [0.15, 0.2) is 0 Å². The molecule has 7 heteroatoms. The van der Waals surface area contributed by atoms with Crippen molar-refractivity contribution in [2.75, 3.05) is 0 Å². The van der Waals surface area contributed by atoms with Gasteiger partial charge < -0.3 is 14.9 Å². The fourth-order valence-corrected chi connectivity index (χ4v) is 0.323. The summed E-state index contributed by atoms with van der Waals surface area (Å²) in [5.41, 5.74) is -1.07. The first-order valence-corrected chi connectivity index (χ1v) is 3.42. The Morgan fingerprint density at radius 1 is 1.00 bits per heavy atom. The number of rotatable bonds is 0. The third-order valence-electron chi connectivity index (χ3n) is 1.09. The van der Waals surface area contributed by atoms with Gasteiger partial charge in [0.1, 0.15) is 0 Å². The standard InChI is InChI=1S/C7H10F3NO2.Ir/c1-6(2,3)4(12)11-5(13)7(8,9)10;/h1-3H3,(H,11,12,13);/p-1. The molecular formula is C7H9F3IrNO2-. The first kappa shape index (κ1) is 16.0. The molecule has 0 rings (SSSR count). The molecule has 0 aliphatic rings. The van der Waals surface area contributed by atoms with Crippen LogP contribution in [0.3, 0.4) is 0 Å². The molecule has 85 valence electrons. The monoisotopic (exact) mass is 389 g/mol. The van der Waals surface area contributed by atoms with Gasteiger partial charge >= 0.3 is 6.18 Å². The fourth-order valence-electron chi connectivity index (χ4n) is 0.323. The van der Waals surface area contributed by atoms with Crippen molar-refractivity contribution >= 4 is 11.8 Å². The Labute approximate surface area is 92.8 Å². The number of hydrogen-bond donors (Lipinski definition) is 0. The van der Waals surface area contributed by atoms with Crippen LogP contribution in [-0.2, 0) is 29.7 Å². The van der Waals surface area contributed by atoms with Crippen LogP contribution in [0.1, 0.15) is 20.8 Å². The molecular weight excluding hydrogens is 379 g/mol. The van der Waals surface area contributed by atoms with Gasteiger partial charge in [0.15, 0.2) is 5.91 Å². The number of halogens is 3. The second-order valence-corrected chi connectivity index (χ2v) is 3.47. The van der Waals surface area contributed by atoms with E-state index in [9.17, 15) is 22.8 Å². The predicted molar refractivity (Wildman–Crippen MR) is 38.9 cm³/mol. The number of amides is 2. The maximum absolute atomic E-state index is 11.6. The molecule has 0 heterocycles. The van der Waals surface area contributed by atoms with Gasteiger partial charge in [0.25, 0.3) is 0 Å². The van der Waals surface area contributed by atoms with Gasteiger partial charge in [-0.3, -0.25) is 0 Å². The van der Waals surface area contributed by atoms with Crippen LogP contribution in [0.5, 0.6) is 0 Å². The molecule has 0 aromatic heterocycles. The number of carbonyl (C=O) groups excluding carboxylic acids is 2. The van der Waals surface area contributed by atoms with Gasteiger partial charge in [-0.1, -0.05) is 20.8 Å². The quantitative estimate of drug-likeness (QED) is 0.638. The van der Waals surface area contributed by atoms with E-state index in [-0.39, 0.29) is 20.1 Å². The van der Waals surface area contributed by atoms with E-state index in [0.717, 1.165) is 0 Å². The molecule has 0 saturated heterocycles. The van der Waals surface area contributed by atoms with Crippen LogP contribution >= 0.6 is 0 Å². The summed E-state index contributed by atoms with van der Waals surface area (Å²) in [6, 6.07) is 0. The van der Waals surface area contributed by atoms with Crippen molar-refractivity contribution in [3.8, 4) is 0 Å². The van der Waals surface area contributed by atoms with Crippen LogP contribution in [0.4, 0.5) is 13.2 Å². The average Bonchev–Trinajstić information content (AvgIpc) is 1.82. The summed E-state index contributed by atoms with van der Waals surface area (Å²) in [6.45, 7) is 4.13. The third-order valence-corrected chi connectivity index (χ3v) is 1.09. The van der Waals surface area contributed by atoms with E-state index in [1.54, 1.807) is 0 Å². The topological polar surface area (TPSA) is 48.2 Å². The molecule has 0 spiro atoms. The molecule has 0 N–H and O–H groups in total. The minimum atomic E-state index is -5.07. The van der Waals surface area contributed by atoms with Gasteiger partial charge in [0.05, 0.1) is 5.91 Å². The zero-order valence-electron chi connectivity index (χ0n) is 7.73. The number of imide groups is 1. The largest absolute Gasteiger partial charge is 0.588 e. The normalized spacial score (nSPS) is 11.6. The number of nitrogens with zero attached hydrogens (tertiary/aromatic N) is 1. The van der Waals surface area contributed by atoms with Gasteiger partial charge in [-0.05, 0) is 0 Å². The van der Waals surface area contributed by atoms with Gasteiger partial charge in [-0.15, -0.1) is 0 Å². The second-order valence-electron chi connectivity index (χ2n) is 3.47. The average molecular weight is 388 g/mol. The Bertz CT molecular complexity index is 208. The Balaban J connectivity index is 0. The zero-order valence-corrected chi connectivity index (χ0v) is 10.1. The van der Waals surface area contributed by atoms with E-state index in [1.165, 1.54) is 20.8 Å². The summed E-state index contributed by atoms with van der Waals surface area (Å²) in [4.78, 5) is 21.0. The van der Waals surface area contributed by atoms with Crippen LogP contribution in [0.2, 0.25) is 0 Å². The predicted octanol–water partition coefficient (Wildman–Crippen LogP) is 2.02. The van der Waals surface area contributed by atoms with Crippen molar-refractivity contribution in [3.05, 3.63) is 5.32 Å². The molecule has 0 aromatic carbocycles. The maximum Gasteiger partial charge on any atom is 0.432 e. The molecule has 0 saturated carbocycles. The summed E-state index contributed by atoms with van der Waals surface area (Å²) in [5.74, 6) is -3.43. The van der Waals surface area contributed by atoms with Crippen LogP contribution < -0.4 is 0 Å². The van der Waals surface area contributed by atoms with Crippen molar-refractivity contribution in [1.29, 1.82) is 0 Å². The summed E-state index contributed by atoms with van der Waals surface area (Å²) in [5, 5.41) is 2.42. The molecule has 0 aromatic rings. The fraction of sp³-hybridized carbons (Fsp3) is 0.714. The van der Waals surface area contributed by atoms with Gasteiger partial charge in [0, 0.05) is 25.5 Å². The Morgan fingerprint density at radius 3 is 1.57 bits per heavy atom. The van der Waals surface area contributed by atoms with Gasteiger partial charge in [0.2, 0.25) is 0 Å². The van der Waals surface area contributed by atoms with Crippen molar-refractivity contribution in [1.82, 2.24) is 0 Å². The Morgan fingerprint density at radius 2 is 1.36 bits per heavy atom. The minimum Gasteiger partial charge on any atom is -0.588 e. The Kier molecular flexibility index (Phi) is 5.59. The molecule has 0 fully saturated rings.